The number of rotatable bonds is 20. The summed E-state index contributed by atoms with van der Waals surface area (Å²) in [6.45, 7) is 2.75. The molecule has 0 radical (unpaired) electrons. The number of aliphatic carboxylic acids is 2. The monoisotopic (exact) mass is 921 g/mol. The summed E-state index contributed by atoms with van der Waals surface area (Å²) < 4.78 is 133. The van der Waals surface area contributed by atoms with E-state index in [0.717, 1.165) is 44.0 Å². The van der Waals surface area contributed by atoms with Crippen LogP contribution in [0.1, 0.15) is 123 Å². The molecule has 0 fully saturated rings. The second-order valence-corrected chi connectivity index (χ2v) is 14.8. The summed E-state index contributed by atoms with van der Waals surface area (Å²) in [6, 6.07) is 5.34. The van der Waals surface area contributed by atoms with Gasteiger partial charge in [0.15, 0.2) is 5.75 Å². The van der Waals surface area contributed by atoms with Crippen molar-refractivity contribution in [2.45, 2.75) is 121 Å². The lowest BCUT2D eigenvalue weighted by molar-refractivity contribution is -0.143. The van der Waals surface area contributed by atoms with Crippen LogP contribution in [0.2, 0.25) is 0 Å². The van der Waals surface area contributed by atoms with Crippen LogP contribution < -0.4 is 15.4 Å². The number of ether oxygens (including phenoxy) is 2. The van der Waals surface area contributed by atoms with Crippen LogP contribution in [-0.4, -0.2) is 68.8 Å². The van der Waals surface area contributed by atoms with Gasteiger partial charge in [-0.3, -0.25) is 14.5 Å². The second kappa shape index (κ2) is 23.3. The van der Waals surface area contributed by atoms with E-state index in [1.54, 1.807) is 0 Å². The number of unbranched alkanes of at least 4 members (excludes halogenated alkanes) is 5. The molecule has 0 spiro atoms. The summed E-state index contributed by atoms with van der Waals surface area (Å²) in [6.07, 6.45) is -10.9. The van der Waals surface area contributed by atoms with Gasteiger partial charge in [0.05, 0.1) is 52.9 Å². The van der Waals surface area contributed by atoms with Crippen LogP contribution in [0, 0.1) is 11.3 Å². The number of nitrogens with zero attached hydrogens (tertiary/aromatic N) is 4. The Hall–Kier alpha value is -5.69. The van der Waals surface area contributed by atoms with E-state index in [-0.39, 0.29) is 79.7 Å². The van der Waals surface area contributed by atoms with Gasteiger partial charge in [-0.05, 0) is 92.5 Å². The molecular formula is C42H48F9N5O8. The predicted octanol–water partition coefficient (Wildman–Crippen LogP) is 9.99. The predicted molar refractivity (Wildman–Crippen MR) is 210 cm³/mol. The fraction of sp³-hybridized carbons (Fsp3) is 0.524. The first-order valence-electron chi connectivity index (χ1n) is 20.1. The van der Waals surface area contributed by atoms with E-state index in [1.807, 2.05) is 6.07 Å². The Morgan fingerprint density at radius 3 is 1.86 bits per heavy atom. The van der Waals surface area contributed by atoms with E-state index in [9.17, 15) is 59.0 Å². The first-order chi connectivity index (χ1) is 29.9. The van der Waals surface area contributed by atoms with Crippen LogP contribution in [0.25, 0.3) is 0 Å². The molecule has 3 aromatic rings. The molecule has 2 aromatic carbocycles. The topological polar surface area (TPSA) is 209 Å². The van der Waals surface area contributed by atoms with E-state index in [1.165, 1.54) is 6.92 Å². The lowest BCUT2D eigenvalue weighted by atomic mass is 9.78. The van der Waals surface area contributed by atoms with Gasteiger partial charge in [-0.1, -0.05) is 19.8 Å². The standard InChI is InChI=1S/C30H26F9N5O3.C12H22O5/c1-2-27(41)21(13-17-12-18(28(31,32)33)5-6-23(17)44(27)26(45)46)25-42-15-24(47-8-4-3-7-40)22(43-25)11-16-9-19(29(34,35)36)14-20(10-16)30(37,38)39;13-11(14)7-3-1-5-9-17-10-6-2-4-8-12(15)16/h5-6,9-10,12,14-15,21H,2-4,8,11,13,41H2,1H3,(H,45,46);1-10H2,(H,13,14)(H,15,16). The number of amides is 1. The fourth-order valence-electron chi connectivity index (χ4n) is 6.82. The number of anilines is 1. The number of fused-ring (bicyclic) bond motifs is 1. The zero-order chi connectivity index (χ0) is 47.9. The molecule has 13 nitrogen and oxygen atoms in total. The van der Waals surface area contributed by atoms with Crippen LogP contribution in [0.4, 0.5) is 50.0 Å². The average molecular weight is 922 g/mol. The Bertz CT molecular complexity index is 2040. The van der Waals surface area contributed by atoms with Crippen LogP contribution in [0.5, 0.6) is 5.75 Å². The third-order valence-corrected chi connectivity index (χ3v) is 10.1. The van der Waals surface area contributed by atoms with Gasteiger partial charge in [-0.25, -0.2) is 14.8 Å². The van der Waals surface area contributed by atoms with E-state index in [4.69, 9.17) is 30.7 Å². The molecule has 1 aliphatic rings. The lowest BCUT2D eigenvalue weighted by Crippen LogP contribution is -2.64. The number of carbonyl (C=O) groups is 3. The van der Waals surface area contributed by atoms with Gasteiger partial charge in [0, 0.05) is 38.9 Å². The van der Waals surface area contributed by atoms with Gasteiger partial charge in [0.1, 0.15) is 11.5 Å². The van der Waals surface area contributed by atoms with Gasteiger partial charge in [0.25, 0.3) is 0 Å². The number of alkyl halides is 9. The quantitative estimate of drug-likeness (QED) is 0.0617. The molecule has 64 heavy (non-hydrogen) atoms. The zero-order valence-electron chi connectivity index (χ0n) is 34.6. The molecule has 1 amide bonds. The molecule has 5 N–H and O–H groups in total. The second-order valence-electron chi connectivity index (χ2n) is 14.8. The van der Waals surface area contributed by atoms with Gasteiger partial charge < -0.3 is 30.5 Å². The maximum absolute atomic E-state index is 13.6. The van der Waals surface area contributed by atoms with Crippen LogP contribution >= 0.6 is 0 Å². The highest BCUT2D eigenvalue weighted by molar-refractivity contribution is 5.90. The molecule has 352 valence electrons. The molecule has 0 aliphatic carbocycles. The van der Waals surface area contributed by atoms with Crippen molar-refractivity contribution in [3.63, 3.8) is 0 Å². The highest BCUT2D eigenvalue weighted by Crippen LogP contribution is 2.46. The number of nitriles is 1. The normalized spacial score (nSPS) is 16.3. The van der Waals surface area contributed by atoms with E-state index in [0.29, 0.717) is 49.2 Å². The highest BCUT2D eigenvalue weighted by Gasteiger charge is 2.50. The third-order valence-electron chi connectivity index (χ3n) is 10.1. The van der Waals surface area contributed by atoms with Gasteiger partial charge >= 0.3 is 36.6 Å². The summed E-state index contributed by atoms with van der Waals surface area (Å²) in [4.78, 5) is 42.2. The largest absolute Gasteiger partial charge is 0.490 e. The number of hydrogen-bond acceptors (Lipinski definition) is 9. The van der Waals surface area contributed by atoms with Gasteiger partial charge in [-0.15, -0.1) is 0 Å². The molecule has 0 bridgehead atoms. The Balaban J connectivity index is 0.000000541. The first kappa shape index (κ1) is 52.7. The van der Waals surface area contributed by atoms with E-state index >= 15 is 0 Å². The number of carboxylic acids is 2. The average Bonchev–Trinajstić information content (AvgIpc) is 3.20. The minimum absolute atomic E-state index is 0.0343. The van der Waals surface area contributed by atoms with Crippen LogP contribution in [-0.2, 0) is 45.7 Å². The van der Waals surface area contributed by atoms with Crippen molar-refractivity contribution in [1.29, 1.82) is 5.26 Å². The Morgan fingerprint density at radius 2 is 1.38 bits per heavy atom. The molecule has 2 atom stereocenters. The summed E-state index contributed by atoms with van der Waals surface area (Å²) in [7, 11) is 0. The van der Waals surface area contributed by atoms with Crippen molar-refractivity contribution in [1.82, 2.24) is 9.97 Å². The molecule has 4 rings (SSSR count). The van der Waals surface area contributed by atoms with E-state index in [2.05, 4.69) is 9.97 Å². The molecular weight excluding hydrogens is 873 g/mol. The Kier molecular flexibility index (Phi) is 19.2. The van der Waals surface area contributed by atoms with Crippen LogP contribution in [0.3, 0.4) is 0 Å². The fourth-order valence-corrected chi connectivity index (χ4v) is 6.82. The minimum atomic E-state index is -5.13. The highest BCUT2D eigenvalue weighted by atomic mass is 19.4. The Labute approximate surface area is 362 Å². The number of aromatic nitrogens is 2. The molecule has 0 saturated heterocycles. The van der Waals surface area contributed by atoms with Crippen molar-refractivity contribution >= 4 is 23.7 Å². The maximum atomic E-state index is 13.6. The number of carboxylic acid groups (broad SMARTS) is 3. The molecule has 22 heteroatoms. The summed E-state index contributed by atoms with van der Waals surface area (Å²) in [5.41, 5.74) is -0.218. The minimum Gasteiger partial charge on any atom is -0.490 e. The molecule has 2 heterocycles. The third kappa shape index (κ3) is 15.5. The molecule has 2 unspecified atom stereocenters. The number of halogens is 9. The summed E-state index contributed by atoms with van der Waals surface area (Å²) in [5, 5.41) is 35.7. The SMILES string of the molecule is CCC1(N)C(c2ncc(OCCCC#N)c(Cc3cc(C(F)(F)F)cc(C(F)(F)F)c3)n2)Cc2cc(C(F)(F)F)ccc2N1C(=O)O.O=C(O)CCCCCOCCCCCC(=O)O. The zero-order valence-corrected chi connectivity index (χ0v) is 34.6. The number of nitrogens with two attached hydrogens (primary N) is 1. The van der Waals surface area contributed by atoms with Crippen molar-refractivity contribution in [3.8, 4) is 11.8 Å². The molecule has 1 aliphatic heterocycles. The van der Waals surface area contributed by atoms with Crippen molar-refractivity contribution < 1.29 is 78.7 Å². The first-order valence-corrected chi connectivity index (χ1v) is 20.1. The lowest BCUT2D eigenvalue weighted by Gasteiger charge is -2.48. The summed E-state index contributed by atoms with van der Waals surface area (Å²) >= 11 is 0. The smallest absolute Gasteiger partial charge is 0.416 e. The van der Waals surface area contributed by atoms with Crippen molar-refractivity contribution in [2.75, 3.05) is 24.7 Å². The van der Waals surface area contributed by atoms with Crippen molar-refractivity contribution in [2.24, 2.45) is 5.73 Å². The summed E-state index contributed by atoms with van der Waals surface area (Å²) in [5.74, 6) is -3.10. The van der Waals surface area contributed by atoms with E-state index < -0.39 is 76.8 Å². The number of benzene rings is 2. The molecule has 0 saturated carbocycles. The van der Waals surface area contributed by atoms with Crippen molar-refractivity contribution in [3.05, 3.63) is 81.9 Å². The maximum Gasteiger partial charge on any atom is 0.416 e. The molecule has 1 aromatic heterocycles. The van der Waals surface area contributed by atoms with Gasteiger partial charge in [0.2, 0.25) is 0 Å². The number of hydrogen-bond donors (Lipinski definition) is 4. The Morgan fingerprint density at radius 1 is 0.812 bits per heavy atom. The van der Waals surface area contributed by atoms with Crippen LogP contribution in [0.15, 0.2) is 42.6 Å². The van der Waals surface area contributed by atoms with Gasteiger partial charge in [-0.2, -0.15) is 44.8 Å².